The van der Waals surface area contributed by atoms with Gasteiger partial charge in [-0.05, 0) is 106 Å². The third-order valence-electron chi connectivity index (χ3n) is 20.1. The van der Waals surface area contributed by atoms with Gasteiger partial charge in [0.15, 0.2) is 0 Å². The zero-order valence-corrected chi connectivity index (χ0v) is 60.9. The number of carbonyl (C=O) groups is 17. The van der Waals surface area contributed by atoms with E-state index in [2.05, 4.69) is 42.2 Å². The summed E-state index contributed by atoms with van der Waals surface area (Å²) < 4.78 is 0. The van der Waals surface area contributed by atoms with E-state index >= 15 is 9.59 Å². The van der Waals surface area contributed by atoms with Crippen LogP contribution < -0.4 is 71.6 Å². The number of aromatic amines is 1. The third kappa shape index (κ3) is 23.3. The Morgan fingerprint density at radius 2 is 0.691 bits per heavy atom. The number of nitrogens with two attached hydrogens (primary N) is 6. The molecule has 0 bridgehead atoms. The number of hydrogen-bond acceptors (Lipinski definition) is 18. The average molecular weight is 1530 g/mol. The summed E-state index contributed by atoms with van der Waals surface area (Å²) in [6, 6.07) is 7.60. The fraction of sp³-hybridized carbons (Fsp3) is 0.500. The largest absolute Gasteiger partial charge is 0.480 e. The van der Waals surface area contributed by atoms with E-state index in [-0.39, 0.29) is 122 Å². The van der Waals surface area contributed by atoms with Crippen LogP contribution in [0.3, 0.4) is 0 Å². The molecule has 0 saturated carbocycles. The number of aliphatic carboxylic acids is 1. The first-order valence-corrected chi connectivity index (χ1v) is 36.9. The van der Waals surface area contributed by atoms with Gasteiger partial charge in [-0.3, -0.25) is 76.7 Å². The predicted molar refractivity (Wildman–Crippen MR) is 393 cm³/mol. The Bertz CT molecular complexity index is 4070. The summed E-state index contributed by atoms with van der Waals surface area (Å²) in [6.07, 6.45) is -0.871. The number of rotatable bonds is 40. The molecule has 21 N–H and O–H groups in total. The highest BCUT2D eigenvalue weighted by molar-refractivity contribution is 6.01. The fourth-order valence-corrected chi connectivity index (χ4v) is 14.4. The molecule has 4 saturated heterocycles. The van der Waals surface area contributed by atoms with E-state index in [9.17, 15) is 77.0 Å². The SMILES string of the molecule is NC(=O)CC[C@H](NC(=O)[C@H](Cc1c[nH]c2ccccc12)NC(=O)[C@@H]1CCCN1C(=O)[C@H](Cc1ccccc1)NC(=O)[C@@H]1CCCN1C(=O)[C@H](CCC(N)=O)NC(=O)[C@H](CCC(N)=O)NC(=O)[C@@H]1CCCN1C(=O)[C@H](Cc1ccccc1)NC(=O)[C@@H]1CCCN1C(=O)[C@H](CCC(N)=O)NC(=O)[C@@H](N)CCC(N)=O)C(=O)O. The molecule has 36 nitrogen and oxygen atoms in total. The molecule has 4 aliphatic rings. The number of carboxylic acid groups (broad SMARTS) is 1. The highest BCUT2D eigenvalue weighted by Crippen LogP contribution is 2.27. The van der Waals surface area contributed by atoms with E-state index in [1.807, 2.05) is 0 Å². The molecule has 12 atom stereocenters. The first-order chi connectivity index (χ1) is 52.5. The van der Waals surface area contributed by atoms with Crippen LogP contribution in [0.1, 0.15) is 132 Å². The van der Waals surface area contributed by atoms with Crippen molar-refractivity contribution >= 4 is 111 Å². The molecule has 0 aliphatic carbocycles. The van der Waals surface area contributed by atoms with Crippen LogP contribution in [0.25, 0.3) is 10.9 Å². The lowest BCUT2D eigenvalue weighted by Crippen LogP contribution is -2.60. The maximum Gasteiger partial charge on any atom is 0.326 e. The predicted octanol–water partition coefficient (Wildman–Crippen LogP) is -3.71. The highest BCUT2D eigenvalue weighted by atomic mass is 16.4. The normalized spacial score (nSPS) is 18.9. The van der Waals surface area contributed by atoms with Crippen molar-refractivity contribution in [1.29, 1.82) is 0 Å². The number of aromatic nitrogens is 1. The number of likely N-dealkylation sites (tertiary alicyclic amines) is 4. The summed E-state index contributed by atoms with van der Waals surface area (Å²) in [4.78, 5) is 240. The van der Waals surface area contributed by atoms with E-state index in [0.29, 0.717) is 40.4 Å². The van der Waals surface area contributed by atoms with Gasteiger partial charge in [0.25, 0.3) is 0 Å². The second-order valence-corrected chi connectivity index (χ2v) is 28.1. The van der Waals surface area contributed by atoms with Crippen LogP contribution in [0.4, 0.5) is 0 Å². The van der Waals surface area contributed by atoms with Gasteiger partial charge in [0, 0.05) is 94.6 Å². The summed E-state index contributed by atoms with van der Waals surface area (Å²) in [5.41, 5.74) is 35.6. The zero-order chi connectivity index (χ0) is 79.9. The van der Waals surface area contributed by atoms with Crippen LogP contribution in [0.15, 0.2) is 91.1 Å². The number of benzene rings is 3. The van der Waals surface area contributed by atoms with Gasteiger partial charge in [0.05, 0.1) is 6.04 Å². The van der Waals surface area contributed by atoms with Crippen molar-refractivity contribution in [2.45, 2.75) is 207 Å². The van der Waals surface area contributed by atoms with Crippen molar-refractivity contribution < 1.29 is 86.6 Å². The highest BCUT2D eigenvalue weighted by Gasteiger charge is 2.46. The Kier molecular flexibility index (Phi) is 30.3. The number of nitrogens with zero attached hydrogens (tertiary/aromatic N) is 4. The zero-order valence-electron chi connectivity index (χ0n) is 60.9. The lowest BCUT2D eigenvalue weighted by Gasteiger charge is -2.33. The quantitative estimate of drug-likeness (QED) is 0.0204. The summed E-state index contributed by atoms with van der Waals surface area (Å²) in [6.45, 7) is -0.0301. The number of nitrogens with one attached hydrogen (secondary N) is 8. The van der Waals surface area contributed by atoms with Crippen LogP contribution in [0.2, 0.25) is 0 Å². The number of carboxylic acids is 1. The van der Waals surface area contributed by atoms with Crippen molar-refractivity contribution in [3.63, 3.8) is 0 Å². The second-order valence-electron chi connectivity index (χ2n) is 28.1. The van der Waals surface area contributed by atoms with Gasteiger partial charge in [-0.15, -0.1) is 0 Å². The number of primary amides is 5. The number of hydrogen-bond donors (Lipinski definition) is 15. The molecule has 0 radical (unpaired) electrons. The summed E-state index contributed by atoms with van der Waals surface area (Å²) >= 11 is 0. The molecule has 3 aromatic carbocycles. The minimum atomic E-state index is -1.64. The van der Waals surface area contributed by atoms with Gasteiger partial charge in [-0.2, -0.15) is 0 Å². The van der Waals surface area contributed by atoms with Gasteiger partial charge in [0.1, 0.15) is 66.5 Å². The molecule has 4 aromatic rings. The molecule has 0 unspecified atom stereocenters. The van der Waals surface area contributed by atoms with E-state index < -0.39 is 199 Å². The molecule has 4 fully saturated rings. The standard InChI is InChI=1S/C74H98N18O18/c75-45(23-28-58(76)93)63(98)83-48(25-30-60(78)95)70(105)89-33-9-21-56(89)68(103)87-52(37-41-13-3-1-4-14-41)72(107)91-35-11-19-54(91)66(101)82-47(24-29-59(77)94)64(99)84-49(26-31-61(79)96)71(106)90-34-10-22-57(90)69(104)88-53(38-42-15-5-2-6-16-42)73(108)92-36-12-20-55(92)67(102)86-51(39-43-40-81-46-18-8-7-17-44(43)46)65(100)85-50(74(109)110)27-32-62(80)97/h1-8,13-18,40,45,47-57,81H,9-12,19-39,75H2,(H2,76,93)(H2,77,94)(H2,78,95)(H2,79,96)(H2,80,97)(H,82,101)(H,83,98)(H,84,99)(H,85,100)(H,86,102)(H,87,103)(H,88,104)(H,109,110)/t45-,47-,48-,49-,50-,51-,52-,53-,54-,55-,56-,57-/m0/s1. The van der Waals surface area contributed by atoms with Gasteiger partial charge in [-0.25, -0.2) is 4.79 Å². The lowest BCUT2D eigenvalue weighted by atomic mass is 10.0. The van der Waals surface area contributed by atoms with E-state index in [1.54, 1.807) is 91.1 Å². The Balaban J connectivity index is 0.972. The molecule has 8 rings (SSSR count). The van der Waals surface area contributed by atoms with Crippen LogP contribution in [0.5, 0.6) is 0 Å². The molecule has 5 heterocycles. The molecule has 36 heteroatoms. The molecule has 110 heavy (non-hydrogen) atoms. The maximum atomic E-state index is 15.1. The Hall–Kier alpha value is -11.8. The molecule has 0 spiro atoms. The van der Waals surface area contributed by atoms with Gasteiger partial charge in [0.2, 0.25) is 94.5 Å². The van der Waals surface area contributed by atoms with Gasteiger partial charge in [-0.1, -0.05) is 78.9 Å². The average Bonchev–Trinajstić information content (AvgIpc) is 1.60. The topological polar surface area (TPSA) is 580 Å². The van der Waals surface area contributed by atoms with Crippen LogP contribution in [-0.4, -0.2) is 229 Å². The van der Waals surface area contributed by atoms with Gasteiger partial charge >= 0.3 is 5.97 Å². The second kappa shape index (κ2) is 39.8. The smallest absolute Gasteiger partial charge is 0.326 e. The Morgan fingerprint density at radius 1 is 0.373 bits per heavy atom. The van der Waals surface area contributed by atoms with E-state index in [0.717, 1.165) is 0 Å². The van der Waals surface area contributed by atoms with Crippen LogP contribution >= 0.6 is 0 Å². The fourth-order valence-electron chi connectivity index (χ4n) is 14.4. The van der Waals surface area contributed by atoms with Gasteiger partial charge < -0.3 is 101 Å². The van der Waals surface area contributed by atoms with E-state index in [1.165, 1.54) is 19.6 Å². The maximum absolute atomic E-state index is 15.1. The van der Waals surface area contributed by atoms with Crippen LogP contribution in [0, 0.1) is 0 Å². The molecule has 592 valence electrons. The Morgan fingerprint density at radius 3 is 1.09 bits per heavy atom. The van der Waals surface area contributed by atoms with Crippen molar-refractivity contribution in [3.8, 4) is 0 Å². The van der Waals surface area contributed by atoms with Crippen molar-refractivity contribution in [2.75, 3.05) is 26.2 Å². The number of para-hydroxylation sites is 1. The number of amides is 16. The monoisotopic (exact) mass is 1530 g/mol. The number of H-pyrrole nitrogens is 1. The van der Waals surface area contributed by atoms with E-state index in [4.69, 9.17) is 34.4 Å². The van der Waals surface area contributed by atoms with Crippen molar-refractivity contribution in [2.24, 2.45) is 34.4 Å². The summed E-state index contributed by atoms with van der Waals surface area (Å²) in [5.74, 6) is -14.6. The summed E-state index contributed by atoms with van der Waals surface area (Å²) in [5, 5.41) is 29.2. The summed E-state index contributed by atoms with van der Waals surface area (Å²) in [7, 11) is 0. The molecular formula is C74H98N18O18. The molecule has 1 aromatic heterocycles. The van der Waals surface area contributed by atoms with Crippen molar-refractivity contribution in [3.05, 3.63) is 108 Å². The molecule has 16 amide bonds. The number of carbonyl (C=O) groups excluding carboxylic acids is 16. The third-order valence-corrected chi connectivity index (χ3v) is 20.1. The minimum Gasteiger partial charge on any atom is -0.480 e. The minimum absolute atomic E-state index is 0.0175. The first kappa shape index (κ1) is 83.8. The van der Waals surface area contributed by atoms with Crippen LogP contribution in [-0.2, 0) is 101 Å². The molecule has 4 aliphatic heterocycles. The van der Waals surface area contributed by atoms with Crippen molar-refractivity contribution in [1.82, 2.24) is 61.8 Å². The number of fused-ring (bicyclic) bond motifs is 1. The lowest BCUT2D eigenvalue weighted by molar-refractivity contribution is -0.145. The Labute approximate surface area is 633 Å². The molecular weight excluding hydrogens is 1430 g/mol. The first-order valence-electron chi connectivity index (χ1n) is 36.9.